The van der Waals surface area contributed by atoms with Crippen molar-refractivity contribution in [3.8, 4) is 0 Å². The quantitative estimate of drug-likeness (QED) is 0.498. The summed E-state index contributed by atoms with van der Waals surface area (Å²) >= 11 is 0. The number of carboxylic acids is 1. The first-order chi connectivity index (χ1) is 9.88. The van der Waals surface area contributed by atoms with Crippen LogP contribution in [0, 0.1) is 23.0 Å². The smallest absolute Gasteiger partial charge is 0.310 e. The number of nitro groups is 1. The van der Waals surface area contributed by atoms with Gasteiger partial charge in [-0.1, -0.05) is 18.2 Å². The number of aliphatic carboxylic acids is 1. The van der Waals surface area contributed by atoms with Crippen LogP contribution in [0.4, 0.5) is 5.69 Å². The second-order valence-electron chi connectivity index (χ2n) is 4.90. The number of amides is 1. The summed E-state index contributed by atoms with van der Waals surface area (Å²) in [6, 6.07) is 3.86. The van der Waals surface area contributed by atoms with Crippen molar-refractivity contribution in [1.82, 2.24) is 5.32 Å². The highest BCUT2D eigenvalue weighted by molar-refractivity contribution is 5.95. The van der Waals surface area contributed by atoms with Crippen molar-refractivity contribution in [3.63, 3.8) is 0 Å². The fraction of sp³-hybridized carbons (Fsp3) is 0.286. The molecule has 1 aromatic carbocycles. The summed E-state index contributed by atoms with van der Waals surface area (Å²) in [5, 5.41) is 22.4. The molecule has 0 fully saturated rings. The highest BCUT2D eigenvalue weighted by Crippen LogP contribution is 2.21. The van der Waals surface area contributed by atoms with E-state index in [1.54, 1.807) is 13.0 Å². The van der Waals surface area contributed by atoms with Crippen LogP contribution < -0.4 is 5.32 Å². The average Bonchev–Trinajstić information content (AvgIpc) is 2.87. The Labute approximate surface area is 120 Å². The number of carboxylic acid groups (broad SMARTS) is 1. The summed E-state index contributed by atoms with van der Waals surface area (Å²) in [6.07, 6.45) is 3.44. The summed E-state index contributed by atoms with van der Waals surface area (Å²) < 4.78 is 0. The van der Waals surface area contributed by atoms with E-state index in [9.17, 15) is 19.7 Å². The van der Waals surface area contributed by atoms with E-state index in [1.807, 2.05) is 0 Å². The molecule has 0 bridgehead atoms. The molecule has 7 heteroatoms. The number of hydrogen-bond donors (Lipinski definition) is 2. The Morgan fingerprint density at radius 2 is 2.10 bits per heavy atom. The third-order valence-electron chi connectivity index (χ3n) is 3.39. The van der Waals surface area contributed by atoms with Gasteiger partial charge in [0, 0.05) is 23.2 Å². The second kappa shape index (κ2) is 5.74. The molecule has 1 aliphatic rings. The van der Waals surface area contributed by atoms with Gasteiger partial charge in [0.2, 0.25) is 0 Å². The highest BCUT2D eigenvalue weighted by atomic mass is 16.6. The normalized spacial score (nSPS) is 20.2. The van der Waals surface area contributed by atoms with Crippen molar-refractivity contribution in [3.05, 3.63) is 51.6 Å². The maximum Gasteiger partial charge on any atom is 0.310 e. The van der Waals surface area contributed by atoms with Crippen LogP contribution in [0.3, 0.4) is 0 Å². The van der Waals surface area contributed by atoms with Crippen molar-refractivity contribution >= 4 is 17.6 Å². The highest BCUT2D eigenvalue weighted by Gasteiger charge is 2.26. The molecule has 2 atom stereocenters. The van der Waals surface area contributed by atoms with Crippen LogP contribution in [0.15, 0.2) is 30.4 Å². The van der Waals surface area contributed by atoms with Crippen molar-refractivity contribution in [2.45, 2.75) is 19.4 Å². The molecule has 0 aromatic heterocycles. The van der Waals surface area contributed by atoms with Crippen molar-refractivity contribution in [1.29, 1.82) is 0 Å². The lowest BCUT2D eigenvalue weighted by Crippen LogP contribution is -2.33. The SMILES string of the molecule is Cc1ccc(C(=O)NC2C=CC(C(=O)O)C2)cc1[N+](=O)[O-]. The summed E-state index contributed by atoms with van der Waals surface area (Å²) in [5.41, 5.74) is 0.538. The maximum absolute atomic E-state index is 12.0. The van der Waals surface area contributed by atoms with E-state index in [0.717, 1.165) is 0 Å². The largest absolute Gasteiger partial charge is 0.481 e. The van der Waals surface area contributed by atoms with Gasteiger partial charge in [0.05, 0.1) is 10.8 Å². The zero-order valence-corrected chi connectivity index (χ0v) is 11.3. The summed E-state index contributed by atoms with van der Waals surface area (Å²) in [6.45, 7) is 1.59. The van der Waals surface area contributed by atoms with E-state index in [-0.39, 0.29) is 23.7 Å². The Hall–Kier alpha value is -2.70. The third-order valence-corrected chi connectivity index (χ3v) is 3.39. The molecule has 0 heterocycles. The summed E-state index contributed by atoms with van der Waals surface area (Å²) in [7, 11) is 0. The standard InChI is InChI=1S/C14H14N2O5/c1-8-2-3-9(7-12(8)16(20)21)13(17)15-11-5-4-10(6-11)14(18)19/h2-5,7,10-11H,6H2,1H3,(H,15,17)(H,18,19). The number of carbonyl (C=O) groups is 2. The Kier molecular flexibility index (Phi) is 4.02. The first-order valence-corrected chi connectivity index (χ1v) is 6.35. The Balaban J connectivity index is 2.08. The first kappa shape index (κ1) is 14.7. The van der Waals surface area contributed by atoms with Gasteiger partial charge in [-0.05, 0) is 19.4 Å². The number of aryl methyl sites for hydroxylation is 1. The van der Waals surface area contributed by atoms with Crippen LogP contribution in [0.5, 0.6) is 0 Å². The third kappa shape index (κ3) is 3.25. The monoisotopic (exact) mass is 290 g/mol. The fourth-order valence-corrected chi connectivity index (χ4v) is 2.19. The molecule has 2 N–H and O–H groups in total. The predicted octanol–water partition coefficient (Wildman–Crippen LogP) is 1.66. The number of benzene rings is 1. The molecule has 0 saturated heterocycles. The van der Waals surface area contributed by atoms with Crippen molar-refractivity contribution in [2.75, 3.05) is 0 Å². The molecular formula is C14H14N2O5. The molecule has 1 amide bonds. The fourth-order valence-electron chi connectivity index (χ4n) is 2.19. The number of carbonyl (C=O) groups excluding carboxylic acids is 1. The predicted molar refractivity (Wildman–Crippen MR) is 74.0 cm³/mol. The lowest BCUT2D eigenvalue weighted by atomic mass is 10.1. The first-order valence-electron chi connectivity index (χ1n) is 6.35. The number of rotatable bonds is 4. The molecule has 1 aromatic rings. The van der Waals surface area contributed by atoms with E-state index >= 15 is 0 Å². The molecule has 2 unspecified atom stereocenters. The van der Waals surface area contributed by atoms with Gasteiger partial charge in [0.15, 0.2) is 0 Å². The van der Waals surface area contributed by atoms with Gasteiger partial charge in [-0.3, -0.25) is 19.7 Å². The zero-order chi connectivity index (χ0) is 15.6. The average molecular weight is 290 g/mol. The molecule has 0 radical (unpaired) electrons. The summed E-state index contributed by atoms with van der Waals surface area (Å²) in [5.74, 6) is -2.00. The van der Waals surface area contributed by atoms with Gasteiger partial charge in [-0.25, -0.2) is 0 Å². The Bertz CT molecular complexity index is 638. The minimum Gasteiger partial charge on any atom is -0.481 e. The molecule has 7 nitrogen and oxygen atoms in total. The molecule has 0 aliphatic heterocycles. The van der Waals surface area contributed by atoms with E-state index in [1.165, 1.54) is 24.3 Å². The molecule has 1 aliphatic carbocycles. The van der Waals surface area contributed by atoms with Crippen LogP contribution in [-0.2, 0) is 4.79 Å². The van der Waals surface area contributed by atoms with Crippen molar-refractivity contribution < 1.29 is 19.6 Å². The number of nitrogens with zero attached hydrogens (tertiary/aromatic N) is 1. The molecule has 0 saturated carbocycles. The van der Waals surface area contributed by atoms with Gasteiger partial charge in [-0.15, -0.1) is 0 Å². The Morgan fingerprint density at radius 3 is 2.67 bits per heavy atom. The number of hydrogen-bond acceptors (Lipinski definition) is 4. The molecule has 0 spiro atoms. The minimum atomic E-state index is -0.936. The number of nitrogens with one attached hydrogen (secondary N) is 1. The van der Waals surface area contributed by atoms with Gasteiger partial charge in [0.1, 0.15) is 0 Å². The van der Waals surface area contributed by atoms with Crippen LogP contribution >= 0.6 is 0 Å². The topological polar surface area (TPSA) is 110 Å². The van der Waals surface area contributed by atoms with E-state index in [4.69, 9.17) is 5.11 Å². The second-order valence-corrected chi connectivity index (χ2v) is 4.90. The van der Waals surface area contributed by atoms with Gasteiger partial charge in [0.25, 0.3) is 11.6 Å². The van der Waals surface area contributed by atoms with Gasteiger partial charge < -0.3 is 10.4 Å². The van der Waals surface area contributed by atoms with Gasteiger partial charge in [-0.2, -0.15) is 0 Å². The van der Waals surface area contributed by atoms with Crippen molar-refractivity contribution in [2.24, 2.45) is 5.92 Å². The maximum atomic E-state index is 12.0. The van der Waals surface area contributed by atoms with Crippen LogP contribution in [0.1, 0.15) is 22.3 Å². The minimum absolute atomic E-state index is 0.118. The van der Waals surface area contributed by atoms with Crippen LogP contribution in [0.2, 0.25) is 0 Å². The number of nitro benzene ring substituents is 1. The molecule has 2 rings (SSSR count). The lowest BCUT2D eigenvalue weighted by Gasteiger charge is -2.12. The van der Waals surface area contributed by atoms with Crippen LogP contribution in [0.25, 0.3) is 0 Å². The Morgan fingerprint density at radius 1 is 1.38 bits per heavy atom. The molecule has 110 valence electrons. The summed E-state index contributed by atoms with van der Waals surface area (Å²) in [4.78, 5) is 33.2. The molecular weight excluding hydrogens is 276 g/mol. The zero-order valence-electron chi connectivity index (χ0n) is 11.3. The molecule has 21 heavy (non-hydrogen) atoms. The van der Waals surface area contributed by atoms with Gasteiger partial charge >= 0.3 is 5.97 Å². The lowest BCUT2D eigenvalue weighted by molar-refractivity contribution is -0.385. The van der Waals surface area contributed by atoms with Crippen LogP contribution in [-0.4, -0.2) is 27.9 Å². The van der Waals surface area contributed by atoms with E-state index < -0.39 is 22.7 Å². The van der Waals surface area contributed by atoms with E-state index in [0.29, 0.717) is 5.56 Å². The van der Waals surface area contributed by atoms with E-state index in [2.05, 4.69) is 5.32 Å².